The molecule has 5 nitrogen and oxygen atoms in total. The molecule has 0 radical (unpaired) electrons. The lowest BCUT2D eigenvalue weighted by Crippen LogP contribution is -2.29. The SMILES string of the molecule is CCOc1ccc(NC(=O)CN(C)c2ccccc2)cc1OCC. The van der Waals surface area contributed by atoms with Crippen LogP contribution < -0.4 is 19.7 Å². The number of likely N-dealkylation sites (N-methyl/N-ethyl adjacent to an activating group) is 1. The van der Waals surface area contributed by atoms with Gasteiger partial charge < -0.3 is 19.7 Å². The molecule has 1 N–H and O–H groups in total. The maximum Gasteiger partial charge on any atom is 0.243 e. The van der Waals surface area contributed by atoms with Crippen molar-refractivity contribution in [2.24, 2.45) is 0 Å². The fourth-order valence-corrected chi connectivity index (χ4v) is 2.32. The molecule has 0 saturated carbocycles. The van der Waals surface area contributed by atoms with E-state index in [1.807, 2.05) is 68.3 Å². The Bertz CT molecular complexity index is 659. The van der Waals surface area contributed by atoms with E-state index in [1.54, 1.807) is 6.07 Å². The highest BCUT2D eigenvalue weighted by atomic mass is 16.5. The summed E-state index contributed by atoms with van der Waals surface area (Å²) >= 11 is 0. The molecule has 0 spiro atoms. The maximum absolute atomic E-state index is 12.3. The minimum absolute atomic E-state index is 0.0899. The summed E-state index contributed by atoms with van der Waals surface area (Å²) in [5.74, 6) is 1.22. The number of ether oxygens (including phenoxy) is 2. The lowest BCUT2D eigenvalue weighted by molar-refractivity contribution is -0.114. The number of nitrogens with zero attached hydrogens (tertiary/aromatic N) is 1. The van der Waals surface area contributed by atoms with Crippen LogP contribution in [0.3, 0.4) is 0 Å². The Hall–Kier alpha value is -2.69. The summed E-state index contributed by atoms with van der Waals surface area (Å²) < 4.78 is 11.1. The van der Waals surface area contributed by atoms with Gasteiger partial charge in [0.15, 0.2) is 11.5 Å². The van der Waals surface area contributed by atoms with E-state index < -0.39 is 0 Å². The second kappa shape index (κ2) is 8.82. The number of carbonyl (C=O) groups is 1. The molecular formula is C19H24N2O3. The van der Waals surface area contributed by atoms with Gasteiger partial charge in [-0.15, -0.1) is 0 Å². The summed E-state index contributed by atoms with van der Waals surface area (Å²) in [5, 5.41) is 2.89. The van der Waals surface area contributed by atoms with Crippen molar-refractivity contribution in [2.75, 3.05) is 37.0 Å². The number of hydrogen-bond donors (Lipinski definition) is 1. The normalized spacial score (nSPS) is 10.1. The lowest BCUT2D eigenvalue weighted by atomic mass is 10.2. The Labute approximate surface area is 143 Å². The highest BCUT2D eigenvalue weighted by molar-refractivity contribution is 5.94. The van der Waals surface area contributed by atoms with Crippen molar-refractivity contribution >= 4 is 17.3 Å². The molecule has 0 aliphatic rings. The third kappa shape index (κ3) is 4.91. The minimum Gasteiger partial charge on any atom is -0.490 e. The molecule has 5 heteroatoms. The van der Waals surface area contributed by atoms with Crippen LogP contribution >= 0.6 is 0 Å². The van der Waals surface area contributed by atoms with Crippen LogP contribution in [0, 0.1) is 0 Å². The third-order valence-electron chi connectivity index (χ3n) is 3.40. The van der Waals surface area contributed by atoms with Crippen LogP contribution in [0.15, 0.2) is 48.5 Å². The van der Waals surface area contributed by atoms with Gasteiger partial charge in [-0.1, -0.05) is 18.2 Å². The summed E-state index contributed by atoms with van der Waals surface area (Å²) in [6, 6.07) is 15.2. The van der Waals surface area contributed by atoms with Crippen molar-refractivity contribution in [2.45, 2.75) is 13.8 Å². The van der Waals surface area contributed by atoms with Crippen molar-refractivity contribution in [1.29, 1.82) is 0 Å². The predicted octanol–water partition coefficient (Wildman–Crippen LogP) is 3.56. The Morgan fingerprint density at radius 3 is 2.33 bits per heavy atom. The highest BCUT2D eigenvalue weighted by Gasteiger charge is 2.10. The van der Waals surface area contributed by atoms with Crippen molar-refractivity contribution < 1.29 is 14.3 Å². The van der Waals surface area contributed by atoms with Gasteiger partial charge in [-0.05, 0) is 38.1 Å². The van der Waals surface area contributed by atoms with E-state index in [-0.39, 0.29) is 12.5 Å². The number of anilines is 2. The fraction of sp³-hybridized carbons (Fsp3) is 0.316. The number of para-hydroxylation sites is 1. The molecule has 2 aromatic rings. The average Bonchev–Trinajstić information content (AvgIpc) is 2.58. The molecule has 0 aromatic heterocycles. The predicted molar refractivity (Wildman–Crippen MR) is 97.1 cm³/mol. The molecule has 128 valence electrons. The van der Waals surface area contributed by atoms with Gasteiger partial charge in [0.1, 0.15) is 0 Å². The summed E-state index contributed by atoms with van der Waals surface area (Å²) in [4.78, 5) is 14.1. The second-order valence-corrected chi connectivity index (χ2v) is 5.27. The van der Waals surface area contributed by atoms with Gasteiger partial charge in [-0.2, -0.15) is 0 Å². The molecule has 2 aromatic carbocycles. The third-order valence-corrected chi connectivity index (χ3v) is 3.40. The molecule has 0 aliphatic heterocycles. The summed E-state index contributed by atoms with van der Waals surface area (Å²) in [6.45, 7) is 5.20. The zero-order chi connectivity index (χ0) is 17.4. The first-order valence-electron chi connectivity index (χ1n) is 8.09. The summed E-state index contributed by atoms with van der Waals surface area (Å²) in [7, 11) is 1.89. The largest absolute Gasteiger partial charge is 0.490 e. The molecule has 0 fully saturated rings. The van der Waals surface area contributed by atoms with Gasteiger partial charge in [0.05, 0.1) is 19.8 Å². The molecule has 0 aliphatic carbocycles. The molecule has 0 saturated heterocycles. The lowest BCUT2D eigenvalue weighted by Gasteiger charge is -2.19. The van der Waals surface area contributed by atoms with Crippen LogP contribution in [0.25, 0.3) is 0 Å². The average molecular weight is 328 g/mol. The minimum atomic E-state index is -0.0899. The summed E-state index contributed by atoms with van der Waals surface area (Å²) in [5.41, 5.74) is 1.68. The van der Waals surface area contributed by atoms with Gasteiger partial charge in [0.25, 0.3) is 0 Å². The smallest absolute Gasteiger partial charge is 0.243 e. The van der Waals surface area contributed by atoms with Crippen LogP contribution in [-0.2, 0) is 4.79 Å². The number of rotatable bonds is 8. The van der Waals surface area contributed by atoms with E-state index in [9.17, 15) is 4.79 Å². The van der Waals surface area contributed by atoms with Gasteiger partial charge >= 0.3 is 0 Å². The van der Waals surface area contributed by atoms with E-state index in [0.29, 0.717) is 30.4 Å². The van der Waals surface area contributed by atoms with Gasteiger partial charge in [-0.3, -0.25) is 4.79 Å². The van der Waals surface area contributed by atoms with E-state index in [2.05, 4.69) is 5.32 Å². The second-order valence-electron chi connectivity index (χ2n) is 5.27. The first-order valence-corrected chi connectivity index (χ1v) is 8.09. The number of hydrogen-bond acceptors (Lipinski definition) is 4. The molecule has 0 bridgehead atoms. The van der Waals surface area contributed by atoms with Crippen molar-refractivity contribution in [3.63, 3.8) is 0 Å². The topological polar surface area (TPSA) is 50.8 Å². The molecule has 1 amide bonds. The van der Waals surface area contributed by atoms with Gasteiger partial charge in [0.2, 0.25) is 5.91 Å². The highest BCUT2D eigenvalue weighted by Crippen LogP contribution is 2.30. The molecule has 2 rings (SSSR count). The Kier molecular flexibility index (Phi) is 6.49. The monoisotopic (exact) mass is 328 g/mol. The molecule has 24 heavy (non-hydrogen) atoms. The zero-order valence-corrected chi connectivity index (χ0v) is 14.4. The fourth-order valence-electron chi connectivity index (χ4n) is 2.32. The molecule has 0 heterocycles. The molecule has 0 atom stereocenters. The van der Waals surface area contributed by atoms with Crippen molar-refractivity contribution in [1.82, 2.24) is 0 Å². The van der Waals surface area contributed by atoms with Crippen LogP contribution in [0.4, 0.5) is 11.4 Å². The zero-order valence-electron chi connectivity index (χ0n) is 14.4. The molecule has 0 unspecified atom stereocenters. The van der Waals surface area contributed by atoms with E-state index in [0.717, 1.165) is 5.69 Å². The Balaban J connectivity index is 2.01. The standard InChI is InChI=1S/C19H24N2O3/c1-4-23-17-12-11-15(13-18(17)24-5-2)20-19(22)14-21(3)16-9-7-6-8-10-16/h6-13H,4-5,14H2,1-3H3,(H,20,22). The van der Waals surface area contributed by atoms with E-state index in [4.69, 9.17) is 9.47 Å². The van der Waals surface area contributed by atoms with Gasteiger partial charge in [0, 0.05) is 24.5 Å². The Morgan fingerprint density at radius 2 is 1.67 bits per heavy atom. The van der Waals surface area contributed by atoms with Crippen molar-refractivity contribution in [3.05, 3.63) is 48.5 Å². The molecular weight excluding hydrogens is 304 g/mol. The number of nitrogens with one attached hydrogen (secondary N) is 1. The maximum atomic E-state index is 12.3. The van der Waals surface area contributed by atoms with Gasteiger partial charge in [-0.25, -0.2) is 0 Å². The van der Waals surface area contributed by atoms with Crippen LogP contribution in [0.2, 0.25) is 0 Å². The first-order chi connectivity index (χ1) is 11.6. The van der Waals surface area contributed by atoms with Crippen LogP contribution in [0.5, 0.6) is 11.5 Å². The number of carbonyl (C=O) groups excluding carboxylic acids is 1. The van der Waals surface area contributed by atoms with Crippen LogP contribution in [-0.4, -0.2) is 32.7 Å². The quantitative estimate of drug-likeness (QED) is 0.805. The Morgan fingerprint density at radius 1 is 1.00 bits per heavy atom. The van der Waals surface area contributed by atoms with Crippen LogP contribution in [0.1, 0.15) is 13.8 Å². The number of benzene rings is 2. The van der Waals surface area contributed by atoms with E-state index in [1.165, 1.54) is 0 Å². The first kappa shape index (κ1) is 17.7. The van der Waals surface area contributed by atoms with E-state index >= 15 is 0 Å². The van der Waals surface area contributed by atoms with Crippen molar-refractivity contribution in [3.8, 4) is 11.5 Å². The number of amides is 1. The summed E-state index contributed by atoms with van der Waals surface area (Å²) in [6.07, 6.45) is 0.